The lowest BCUT2D eigenvalue weighted by molar-refractivity contribution is -0.136. The summed E-state index contributed by atoms with van der Waals surface area (Å²) < 4.78 is 4.68. The molecule has 2 nitrogen and oxygen atoms in total. The van der Waals surface area contributed by atoms with E-state index >= 15 is 0 Å². The van der Waals surface area contributed by atoms with Crippen LogP contribution in [-0.4, -0.2) is 18.2 Å². The van der Waals surface area contributed by atoms with E-state index in [0.29, 0.717) is 11.5 Å². The van der Waals surface area contributed by atoms with Gasteiger partial charge in [0.15, 0.2) is 0 Å². The van der Waals surface area contributed by atoms with Crippen LogP contribution in [0.25, 0.3) is 0 Å². The molecule has 0 saturated heterocycles. The van der Waals surface area contributed by atoms with E-state index in [2.05, 4.69) is 11.3 Å². The number of carbonyl (C=O) groups is 1. The Balaban J connectivity index is 3.39. The summed E-state index contributed by atoms with van der Waals surface area (Å²) in [5.41, 5.74) is 0.448. The lowest BCUT2D eigenvalue weighted by atomic mass is 10.4. The summed E-state index contributed by atoms with van der Waals surface area (Å²) in [6.07, 6.45) is 1.87. The number of thioether (sulfide) groups is 1. The van der Waals surface area contributed by atoms with E-state index in [4.69, 9.17) is 0 Å². The monoisotopic (exact) mass is 146 g/mol. The molecule has 0 atom stereocenters. The van der Waals surface area contributed by atoms with Gasteiger partial charge >= 0.3 is 5.97 Å². The minimum Gasteiger partial charge on any atom is -0.451 e. The van der Waals surface area contributed by atoms with Crippen LogP contribution in [0.3, 0.4) is 0 Å². The van der Waals surface area contributed by atoms with Gasteiger partial charge < -0.3 is 4.74 Å². The molecule has 0 unspecified atom stereocenters. The highest BCUT2D eigenvalue weighted by atomic mass is 32.2. The predicted octanol–water partition coefficient (Wildman–Crippen LogP) is 1.43. The Labute approximate surface area is 59.3 Å². The molecule has 0 N–H and O–H groups in total. The molecule has 0 heterocycles. The zero-order chi connectivity index (χ0) is 7.28. The van der Waals surface area contributed by atoms with Crippen molar-refractivity contribution in [2.45, 2.75) is 6.92 Å². The number of hydrogen-bond acceptors (Lipinski definition) is 3. The van der Waals surface area contributed by atoms with E-state index in [-0.39, 0.29) is 5.97 Å². The van der Waals surface area contributed by atoms with Gasteiger partial charge in [-0.2, -0.15) is 0 Å². The summed E-state index contributed by atoms with van der Waals surface area (Å²) in [6, 6.07) is 0. The summed E-state index contributed by atoms with van der Waals surface area (Å²) in [6.45, 7) is 5.05. The summed E-state index contributed by atoms with van der Waals surface area (Å²) in [4.78, 5) is 10.6. The highest BCUT2D eigenvalue weighted by Crippen LogP contribution is 1.97. The van der Waals surface area contributed by atoms with Gasteiger partial charge in [-0.15, -0.1) is 11.8 Å². The molecule has 52 valence electrons. The number of rotatable bonds is 3. The van der Waals surface area contributed by atoms with Crippen LogP contribution >= 0.6 is 11.8 Å². The van der Waals surface area contributed by atoms with Crippen molar-refractivity contribution in [2.75, 3.05) is 12.2 Å². The third kappa shape index (κ3) is 4.09. The second kappa shape index (κ2) is 4.44. The molecule has 0 aromatic rings. The van der Waals surface area contributed by atoms with Crippen molar-refractivity contribution in [1.82, 2.24) is 0 Å². The molecule has 0 aliphatic heterocycles. The van der Waals surface area contributed by atoms with Crippen molar-refractivity contribution in [1.29, 1.82) is 0 Å². The lowest BCUT2D eigenvalue weighted by Crippen LogP contribution is -2.03. The Hall–Kier alpha value is -0.440. The molecule has 0 spiro atoms. The molecule has 0 fully saturated rings. The van der Waals surface area contributed by atoms with Crippen LogP contribution in [0.15, 0.2) is 12.2 Å². The third-order valence-corrected chi connectivity index (χ3v) is 1.01. The van der Waals surface area contributed by atoms with Crippen LogP contribution in [0, 0.1) is 0 Å². The second-order valence-corrected chi connectivity index (χ2v) is 2.43. The van der Waals surface area contributed by atoms with E-state index in [9.17, 15) is 4.79 Å². The molecule has 0 saturated carbocycles. The summed E-state index contributed by atoms with van der Waals surface area (Å²) in [5.74, 6) is 0.0930. The molecule has 0 radical (unpaired) electrons. The number of carbonyl (C=O) groups excluding carboxylic acids is 1. The molecule has 0 aliphatic rings. The molecular formula is C6H10O2S. The van der Waals surface area contributed by atoms with Crippen LogP contribution in [-0.2, 0) is 9.53 Å². The standard InChI is InChI=1S/C6H10O2S/c1-5(2)6(7)8-4-9-3/h1,4H2,2-3H3. The molecule has 0 aromatic heterocycles. The SMILES string of the molecule is C=C(C)C(=O)OCSC. The molecule has 9 heavy (non-hydrogen) atoms. The first-order valence-electron chi connectivity index (χ1n) is 2.50. The number of ether oxygens (including phenoxy) is 1. The van der Waals surface area contributed by atoms with Gasteiger partial charge in [0.2, 0.25) is 0 Å². The van der Waals surface area contributed by atoms with Gasteiger partial charge in [0.25, 0.3) is 0 Å². The maximum atomic E-state index is 10.6. The van der Waals surface area contributed by atoms with Gasteiger partial charge in [0, 0.05) is 5.57 Å². The van der Waals surface area contributed by atoms with E-state index < -0.39 is 0 Å². The van der Waals surface area contributed by atoms with E-state index in [1.165, 1.54) is 11.8 Å². The Morgan fingerprint density at radius 1 is 1.78 bits per heavy atom. The zero-order valence-electron chi connectivity index (χ0n) is 5.64. The molecule has 0 bridgehead atoms. The average Bonchev–Trinajstić information content (AvgIpc) is 1.82. The van der Waals surface area contributed by atoms with Crippen molar-refractivity contribution in [3.05, 3.63) is 12.2 Å². The first-order valence-corrected chi connectivity index (χ1v) is 3.89. The van der Waals surface area contributed by atoms with Gasteiger partial charge in [0.05, 0.1) is 0 Å². The minimum atomic E-state index is -0.315. The quantitative estimate of drug-likeness (QED) is 0.342. The van der Waals surface area contributed by atoms with Crippen molar-refractivity contribution >= 4 is 17.7 Å². The van der Waals surface area contributed by atoms with Crippen LogP contribution in [0.4, 0.5) is 0 Å². The topological polar surface area (TPSA) is 26.3 Å². The average molecular weight is 146 g/mol. The molecule has 0 aromatic carbocycles. The Morgan fingerprint density at radius 2 is 2.33 bits per heavy atom. The van der Waals surface area contributed by atoms with Crippen LogP contribution in [0.5, 0.6) is 0 Å². The summed E-state index contributed by atoms with van der Waals surface area (Å²) in [5, 5.41) is 0. The van der Waals surface area contributed by atoms with Crippen LogP contribution < -0.4 is 0 Å². The van der Waals surface area contributed by atoms with Gasteiger partial charge in [0.1, 0.15) is 5.94 Å². The molecule has 0 rings (SSSR count). The van der Waals surface area contributed by atoms with Gasteiger partial charge in [-0.1, -0.05) is 6.58 Å². The van der Waals surface area contributed by atoms with E-state index in [0.717, 1.165) is 0 Å². The lowest BCUT2D eigenvalue weighted by Gasteiger charge is -1.99. The van der Waals surface area contributed by atoms with Gasteiger partial charge in [-0.3, -0.25) is 0 Å². The van der Waals surface area contributed by atoms with Crippen molar-refractivity contribution in [2.24, 2.45) is 0 Å². The molecule has 3 heteroatoms. The van der Waals surface area contributed by atoms with E-state index in [1.54, 1.807) is 6.92 Å². The fraction of sp³-hybridized carbons (Fsp3) is 0.500. The van der Waals surface area contributed by atoms with Crippen LogP contribution in [0.2, 0.25) is 0 Å². The second-order valence-electron chi connectivity index (χ2n) is 1.62. The fourth-order valence-electron chi connectivity index (χ4n) is 0.236. The van der Waals surface area contributed by atoms with Gasteiger partial charge in [-0.25, -0.2) is 4.79 Å². The maximum absolute atomic E-state index is 10.6. The van der Waals surface area contributed by atoms with E-state index in [1.807, 2.05) is 6.26 Å². The first-order chi connectivity index (χ1) is 4.18. The summed E-state index contributed by atoms with van der Waals surface area (Å²) >= 11 is 1.46. The highest BCUT2D eigenvalue weighted by Gasteiger charge is 1.99. The molecular weight excluding hydrogens is 136 g/mol. The normalized spacial score (nSPS) is 8.67. The predicted molar refractivity (Wildman–Crippen MR) is 39.3 cm³/mol. The number of esters is 1. The van der Waals surface area contributed by atoms with Crippen LogP contribution in [0.1, 0.15) is 6.92 Å². The van der Waals surface area contributed by atoms with Crippen molar-refractivity contribution in [3.63, 3.8) is 0 Å². The summed E-state index contributed by atoms with van der Waals surface area (Å²) in [7, 11) is 0. The van der Waals surface area contributed by atoms with Gasteiger partial charge in [-0.05, 0) is 13.2 Å². The molecule has 0 aliphatic carbocycles. The van der Waals surface area contributed by atoms with Crippen molar-refractivity contribution < 1.29 is 9.53 Å². The first kappa shape index (κ1) is 8.56. The third-order valence-electron chi connectivity index (χ3n) is 0.656. The smallest absolute Gasteiger partial charge is 0.333 e. The Kier molecular flexibility index (Phi) is 4.22. The Morgan fingerprint density at radius 3 is 2.67 bits per heavy atom. The largest absolute Gasteiger partial charge is 0.451 e. The molecule has 0 amide bonds. The van der Waals surface area contributed by atoms with Crippen molar-refractivity contribution in [3.8, 4) is 0 Å². The minimum absolute atomic E-state index is 0.315. The zero-order valence-corrected chi connectivity index (χ0v) is 6.46. The number of hydrogen-bond donors (Lipinski definition) is 0. The highest BCUT2D eigenvalue weighted by molar-refractivity contribution is 7.98. The Bertz CT molecular complexity index is 120. The fourth-order valence-corrected chi connectivity index (χ4v) is 0.461. The maximum Gasteiger partial charge on any atom is 0.333 e.